The minimum Gasteiger partial charge on any atom is -0.305 e. The molecule has 1 amide bonds. The molecule has 1 unspecified atom stereocenters. The predicted octanol–water partition coefficient (Wildman–Crippen LogP) is 3.43. The highest BCUT2D eigenvalue weighted by Gasteiger charge is 2.22. The molecule has 0 spiro atoms. The minimum absolute atomic E-state index is 0. The molecule has 0 aliphatic rings. The number of hydrogen-bond donors (Lipinski definition) is 2. The third-order valence-corrected chi connectivity index (χ3v) is 5.02. The van der Waals surface area contributed by atoms with Gasteiger partial charge in [-0.25, -0.2) is 4.98 Å². The van der Waals surface area contributed by atoms with E-state index in [1.54, 1.807) is 17.9 Å². The maximum absolute atomic E-state index is 12.7. The number of aromatic nitrogens is 3. The van der Waals surface area contributed by atoms with E-state index < -0.39 is 6.04 Å². The van der Waals surface area contributed by atoms with Crippen LogP contribution in [-0.2, 0) is 18.3 Å². The summed E-state index contributed by atoms with van der Waals surface area (Å²) in [6.45, 7) is 2.09. The van der Waals surface area contributed by atoms with E-state index in [1.807, 2.05) is 43.6 Å². The quantitative estimate of drug-likeness (QED) is 0.675. The van der Waals surface area contributed by atoms with Gasteiger partial charge in [0.1, 0.15) is 6.04 Å². The van der Waals surface area contributed by atoms with Crippen molar-refractivity contribution in [2.24, 2.45) is 7.05 Å². The first kappa shape index (κ1) is 20.1. The Morgan fingerprint density at radius 2 is 2.04 bits per heavy atom. The van der Waals surface area contributed by atoms with Crippen LogP contribution in [-0.4, -0.2) is 27.7 Å². The van der Waals surface area contributed by atoms with Crippen LogP contribution in [0.5, 0.6) is 0 Å². The molecule has 2 aromatic heterocycles. The fourth-order valence-electron chi connectivity index (χ4n) is 2.68. The van der Waals surface area contributed by atoms with E-state index in [-0.39, 0.29) is 18.3 Å². The van der Waals surface area contributed by atoms with Crippen LogP contribution in [0.3, 0.4) is 0 Å². The molecule has 0 bridgehead atoms. The van der Waals surface area contributed by atoms with Crippen molar-refractivity contribution < 1.29 is 4.79 Å². The van der Waals surface area contributed by atoms with Crippen LogP contribution in [0.15, 0.2) is 42.7 Å². The second-order valence-corrected chi connectivity index (χ2v) is 6.75. The lowest BCUT2D eigenvalue weighted by Gasteiger charge is -2.12. The molecule has 3 aromatic rings. The van der Waals surface area contributed by atoms with E-state index in [2.05, 4.69) is 27.6 Å². The fraction of sp³-hybridized carbons (Fsp3) is 0.278. The normalized spacial score (nSPS) is 11.7. The molecule has 3 rings (SSSR count). The van der Waals surface area contributed by atoms with Crippen LogP contribution >= 0.6 is 23.7 Å². The van der Waals surface area contributed by atoms with Gasteiger partial charge in [0.05, 0.1) is 11.9 Å². The first-order chi connectivity index (χ1) is 12.1. The van der Waals surface area contributed by atoms with Crippen LogP contribution < -0.4 is 10.6 Å². The second-order valence-electron chi connectivity index (χ2n) is 5.67. The Bertz CT molecular complexity index is 862. The van der Waals surface area contributed by atoms with Crippen LogP contribution in [0.4, 0.5) is 5.13 Å². The third-order valence-electron chi connectivity index (χ3n) is 3.90. The van der Waals surface area contributed by atoms with Crippen molar-refractivity contribution in [2.45, 2.75) is 19.4 Å². The summed E-state index contributed by atoms with van der Waals surface area (Å²) >= 11 is 1.52. The highest BCUT2D eigenvalue weighted by Crippen LogP contribution is 2.31. The maximum atomic E-state index is 12.7. The molecule has 8 heteroatoms. The number of aryl methyl sites for hydroxylation is 2. The lowest BCUT2D eigenvalue weighted by atomic mass is 10.1. The van der Waals surface area contributed by atoms with Crippen molar-refractivity contribution >= 4 is 34.8 Å². The molecule has 0 saturated carbocycles. The van der Waals surface area contributed by atoms with Crippen molar-refractivity contribution in [3.05, 3.63) is 53.2 Å². The topological polar surface area (TPSA) is 71.8 Å². The Hall–Kier alpha value is -2.22. The number of nitrogens with one attached hydrogen (secondary N) is 2. The van der Waals surface area contributed by atoms with Crippen LogP contribution in [0.25, 0.3) is 11.3 Å². The van der Waals surface area contributed by atoms with Crippen molar-refractivity contribution in [2.75, 3.05) is 12.4 Å². The third kappa shape index (κ3) is 4.30. The van der Waals surface area contributed by atoms with Gasteiger partial charge in [-0.3, -0.25) is 9.48 Å². The van der Waals surface area contributed by atoms with Gasteiger partial charge in [0.15, 0.2) is 5.13 Å². The zero-order chi connectivity index (χ0) is 17.8. The summed E-state index contributed by atoms with van der Waals surface area (Å²) < 4.78 is 1.68. The molecule has 6 nitrogen and oxygen atoms in total. The molecule has 1 atom stereocenters. The number of halogens is 1. The maximum Gasteiger partial charge on any atom is 0.247 e. The molecule has 0 aliphatic heterocycles. The predicted molar refractivity (Wildman–Crippen MR) is 108 cm³/mol. The fourth-order valence-corrected chi connectivity index (χ4v) is 3.61. The number of hydrogen-bond acceptors (Lipinski definition) is 5. The monoisotopic (exact) mass is 391 g/mol. The van der Waals surface area contributed by atoms with E-state index in [0.29, 0.717) is 5.13 Å². The van der Waals surface area contributed by atoms with Crippen molar-refractivity contribution in [3.8, 4) is 11.3 Å². The molecule has 0 saturated heterocycles. The summed E-state index contributed by atoms with van der Waals surface area (Å²) in [5, 5.41) is 10.7. The molecule has 26 heavy (non-hydrogen) atoms. The number of anilines is 1. The SMILES string of the molecule is CCc1sc(NC(=O)C(NC)c2cnn(C)c2)nc1-c1ccccc1.Cl. The largest absolute Gasteiger partial charge is 0.305 e. The minimum atomic E-state index is -0.470. The molecule has 1 aromatic carbocycles. The number of nitrogens with zero attached hydrogens (tertiary/aromatic N) is 3. The first-order valence-electron chi connectivity index (χ1n) is 8.14. The van der Waals surface area contributed by atoms with Gasteiger partial charge in [-0.2, -0.15) is 5.10 Å². The smallest absolute Gasteiger partial charge is 0.247 e. The van der Waals surface area contributed by atoms with Gasteiger partial charge in [0.25, 0.3) is 0 Å². The molecule has 2 heterocycles. The lowest BCUT2D eigenvalue weighted by Crippen LogP contribution is -2.30. The van der Waals surface area contributed by atoms with Gasteiger partial charge in [-0.05, 0) is 13.5 Å². The Balaban J connectivity index is 0.00000243. The Morgan fingerprint density at radius 3 is 2.62 bits per heavy atom. The number of benzene rings is 1. The number of carbonyl (C=O) groups excluding carboxylic acids is 1. The lowest BCUT2D eigenvalue weighted by molar-refractivity contribution is -0.118. The summed E-state index contributed by atoms with van der Waals surface area (Å²) in [5.74, 6) is -0.147. The average Bonchev–Trinajstić information content (AvgIpc) is 3.22. The van der Waals surface area contributed by atoms with Gasteiger partial charge in [0.2, 0.25) is 5.91 Å². The van der Waals surface area contributed by atoms with Gasteiger partial charge in [-0.1, -0.05) is 37.3 Å². The van der Waals surface area contributed by atoms with Gasteiger partial charge >= 0.3 is 0 Å². The molecule has 2 N–H and O–H groups in total. The number of rotatable bonds is 6. The van der Waals surface area contributed by atoms with E-state index >= 15 is 0 Å². The van der Waals surface area contributed by atoms with Crippen LogP contribution in [0.1, 0.15) is 23.4 Å². The zero-order valence-electron chi connectivity index (χ0n) is 14.9. The highest BCUT2D eigenvalue weighted by molar-refractivity contribution is 7.16. The van der Waals surface area contributed by atoms with E-state index in [9.17, 15) is 4.79 Å². The summed E-state index contributed by atoms with van der Waals surface area (Å²) in [6, 6.07) is 9.56. The Kier molecular flexibility index (Phi) is 6.90. The van der Waals surface area contributed by atoms with E-state index in [4.69, 9.17) is 0 Å². The molecule has 138 valence electrons. The van der Waals surface area contributed by atoms with Gasteiger partial charge < -0.3 is 10.6 Å². The highest BCUT2D eigenvalue weighted by atomic mass is 35.5. The molecular formula is C18H22ClN5OS. The zero-order valence-corrected chi connectivity index (χ0v) is 16.5. The number of carbonyl (C=O) groups is 1. The summed E-state index contributed by atoms with van der Waals surface area (Å²) in [4.78, 5) is 18.5. The molecular weight excluding hydrogens is 370 g/mol. The van der Waals surface area contributed by atoms with Gasteiger partial charge in [0, 0.05) is 29.2 Å². The van der Waals surface area contributed by atoms with Crippen LogP contribution in [0.2, 0.25) is 0 Å². The van der Waals surface area contributed by atoms with E-state index in [1.165, 1.54) is 11.3 Å². The summed E-state index contributed by atoms with van der Waals surface area (Å²) in [6.07, 6.45) is 4.39. The second kappa shape index (κ2) is 8.93. The molecule has 0 aliphatic carbocycles. The number of thiazole rings is 1. The van der Waals surface area contributed by atoms with Crippen molar-refractivity contribution in [3.63, 3.8) is 0 Å². The van der Waals surface area contributed by atoms with Crippen molar-refractivity contribution in [1.82, 2.24) is 20.1 Å². The first-order valence-corrected chi connectivity index (χ1v) is 8.95. The number of likely N-dealkylation sites (N-methyl/N-ethyl adjacent to an activating group) is 1. The summed E-state index contributed by atoms with van der Waals surface area (Å²) in [5.41, 5.74) is 2.82. The summed E-state index contributed by atoms with van der Waals surface area (Å²) in [7, 11) is 3.58. The van der Waals surface area contributed by atoms with Gasteiger partial charge in [-0.15, -0.1) is 23.7 Å². The average molecular weight is 392 g/mol. The van der Waals surface area contributed by atoms with E-state index in [0.717, 1.165) is 28.1 Å². The molecule has 0 fully saturated rings. The van der Waals surface area contributed by atoms with Crippen molar-refractivity contribution in [1.29, 1.82) is 0 Å². The standard InChI is InChI=1S/C18H21N5OS.ClH/c1-4-14-15(12-8-6-5-7-9-12)21-18(25-14)22-17(24)16(19-2)13-10-20-23(3)11-13;/h5-11,16,19H,4H2,1-3H3,(H,21,22,24);1H. The number of amides is 1. The molecule has 0 radical (unpaired) electrons. The Labute approximate surface area is 163 Å². The van der Waals surface area contributed by atoms with Crippen LogP contribution in [0, 0.1) is 0 Å². The Morgan fingerprint density at radius 1 is 1.31 bits per heavy atom.